The minimum Gasteiger partial charge on any atom is -0.315 e. The van der Waals surface area contributed by atoms with Gasteiger partial charge in [0.1, 0.15) is 5.82 Å². The number of rotatable bonds is 0. The van der Waals surface area contributed by atoms with Gasteiger partial charge in [0.05, 0.1) is 4.47 Å². The lowest BCUT2D eigenvalue weighted by molar-refractivity contribution is 0.603. The number of pyridine rings is 1. The second-order valence-corrected chi connectivity index (χ2v) is 2.78. The largest absolute Gasteiger partial charge is 0.315 e. The molecule has 1 aromatic rings. The van der Waals surface area contributed by atoms with Gasteiger partial charge in [0.25, 0.3) is 5.56 Å². The molecule has 0 unspecified atom stereocenters. The van der Waals surface area contributed by atoms with Crippen LogP contribution >= 0.6 is 15.9 Å². The van der Waals surface area contributed by atoms with E-state index in [0.29, 0.717) is 0 Å². The predicted octanol–water partition coefficient (Wildman–Crippen LogP) is 1.29. The van der Waals surface area contributed by atoms with E-state index in [4.69, 9.17) is 0 Å². The molecule has 1 heterocycles. The van der Waals surface area contributed by atoms with Gasteiger partial charge in [-0.1, -0.05) is 0 Å². The summed E-state index contributed by atoms with van der Waals surface area (Å²) in [5, 5.41) is 0. The minimum absolute atomic E-state index is 0.235. The van der Waals surface area contributed by atoms with Gasteiger partial charge in [-0.15, -0.1) is 0 Å². The maximum atomic E-state index is 12.4. The van der Waals surface area contributed by atoms with Crippen LogP contribution in [0, 0.1) is 5.82 Å². The Hall–Kier alpha value is -0.640. The van der Waals surface area contributed by atoms with Crippen LogP contribution in [-0.2, 0) is 7.05 Å². The molecule has 2 nitrogen and oxygen atoms in total. The van der Waals surface area contributed by atoms with Crippen molar-refractivity contribution in [3.63, 3.8) is 0 Å². The van der Waals surface area contributed by atoms with Crippen LogP contribution in [0.4, 0.5) is 4.39 Å². The van der Waals surface area contributed by atoms with Gasteiger partial charge in [-0.05, 0) is 22.0 Å². The lowest BCUT2D eigenvalue weighted by atomic mass is 10.5. The van der Waals surface area contributed by atoms with Crippen LogP contribution in [0.1, 0.15) is 0 Å². The molecule has 0 saturated heterocycles. The van der Waals surface area contributed by atoms with E-state index in [1.54, 1.807) is 0 Å². The van der Waals surface area contributed by atoms with E-state index in [9.17, 15) is 9.18 Å². The monoisotopic (exact) mass is 205 g/mol. The van der Waals surface area contributed by atoms with Gasteiger partial charge in [0, 0.05) is 13.2 Å². The van der Waals surface area contributed by atoms with E-state index >= 15 is 0 Å². The first kappa shape index (κ1) is 7.47. The number of hydrogen-bond donors (Lipinski definition) is 0. The lowest BCUT2D eigenvalue weighted by Crippen LogP contribution is -2.16. The van der Waals surface area contributed by atoms with Crippen molar-refractivity contribution in [2.24, 2.45) is 7.05 Å². The van der Waals surface area contributed by atoms with Gasteiger partial charge in [-0.2, -0.15) is 0 Å². The van der Waals surface area contributed by atoms with E-state index in [-0.39, 0.29) is 10.0 Å². The predicted molar refractivity (Wildman–Crippen MR) is 39.3 cm³/mol. The van der Waals surface area contributed by atoms with Crippen LogP contribution in [0.25, 0.3) is 0 Å². The Bertz CT molecular complexity index is 281. The molecule has 0 aromatic carbocycles. The molecular formula is C6H5BrFNO. The molecule has 0 aliphatic heterocycles. The third-order valence-corrected chi connectivity index (χ3v) is 1.67. The van der Waals surface area contributed by atoms with E-state index < -0.39 is 5.82 Å². The second-order valence-electron chi connectivity index (χ2n) is 1.92. The van der Waals surface area contributed by atoms with E-state index in [2.05, 4.69) is 15.9 Å². The van der Waals surface area contributed by atoms with Crippen LogP contribution in [0.15, 0.2) is 21.5 Å². The highest BCUT2D eigenvalue weighted by molar-refractivity contribution is 9.10. The van der Waals surface area contributed by atoms with Gasteiger partial charge < -0.3 is 4.57 Å². The van der Waals surface area contributed by atoms with Gasteiger partial charge >= 0.3 is 0 Å². The van der Waals surface area contributed by atoms with E-state index in [0.717, 1.165) is 12.3 Å². The molecule has 0 bridgehead atoms. The highest BCUT2D eigenvalue weighted by Crippen LogP contribution is 2.03. The maximum Gasteiger partial charge on any atom is 0.264 e. The fraction of sp³-hybridized carbons (Fsp3) is 0.167. The average molecular weight is 206 g/mol. The molecular weight excluding hydrogens is 201 g/mol. The molecule has 0 fully saturated rings. The third-order valence-electron chi connectivity index (χ3n) is 1.11. The van der Waals surface area contributed by atoms with Crippen LogP contribution in [0.3, 0.4) is 0 Å². The molecule has 0 aliphatic carbocycles. The first-order chi connectivity index (χ1) is 4.61. The first-order valence-electron chi connectivity index (χ1n) is 2.63. The molecule has 54 valence electrons. The molecule has 0 saturated carbocycles. The van der Waals surface area contributed by atoms with Crippen molar-refractivity contribution in [3.8, 4) is 0 Å². The Morgan fingerprint density at radius 3 is 2.80 bits per heavy atom. The topological polar surface area (TPSA) is 22.0 Å². The molecule has 10 heavy (non-hydrogen) atoms. The summed E-state index contributed by atoms with van der Waals surface area (Å²) in [6, 6.07) is 1.14. The molecule has 0 amide bonds. The number of halogens is 2. The molecule has 0 spiro atoms. The Morgan fingerprint density at radius 1 is 1.70 bits per heavy atom. The zero-order valence-corrected chi connectivity index (χ0v) is 6.85. The normalized spacial score (nSPS) is 9.90. The zero-order chi connectivity index (χ0) is 7.72. The Kier molecular flexibility index (Phi) is 1.89. The number of aromatic nitrogens is 1. The fourth-order valence-electron chi connectivity index (χ4n) is 0.632. The average Bonchev–Trinajstić information content (AvgIpc) is 1.82. The Balaban J connectivity index is 3.46. The number of hydrogen-bond acceptors (Lipinski definition) is 1. The van der Waals surface area contributed by atoms with Crippen molar-refractivity contribution >= 4 is 15.9 Å². The smallest absolute Gasteiger partial charge is 0.264 e. The summed E-state index contributed by atoms with van der Waals surface area (Å²) < 4.78 is 13.8. The maximum absolute atomic E-state index is 12.4. The van der Waals surface area contributed by atoms with Crippen molar-refractivity contribution < 1.29 is 4.39 Å². The molecule has 0 aliphatic rings. The van der Waals surface area contributed by atoms with Crippen molar-refractivity contribution in [2.45, 2.75) is 0 Å². The number of nitrogens with zero attached hydrogens (tertiary/aromatic N) is 1. The van der Waals surface area contributed by atoms with Crippen molar-refractivity contribution in [2.75, 3.05) is 0 Å². The summed E-state index contributed by atoms with van der Waals surface area (Å²) >= 11 is 2.92. The van der Waals surface area contributed by atoms with Crippen molar-refractivity contribution in [3.05, 3.63) is 32.9 Å². The summed E-state index contributed by atoms with van der Waals surface area (Å²) in [6.07, 6.45) is 1.13. The quantitative estimate of drug-likeness (QED) is 0.626. The standard InChI is InChI=1S/C6H5BrFNO/c1-9-3-4(8)2-5(7)6(9)10/h2-3H,1H3. The van der Waals surface area contributed by atoms with Gasteiger partial charge in [-0.25, -0.2) is 4.39 Å². The summed E-state index contributed by atoms with van der Waals surface area (Å²) in [5.74, 6) is -0.422. The SMILES string of the molecule is Cn1cc(F)cc(Br)c1=O. The van der Waals surface area contributed by atoms with Crippen LogP contribution in [0.5, 0.6) is 0 Å². The second kappa shape index (κ2) is 2.54. The molecule has 0 atom stereocenters. The summed E-state index contributed by atoms with van der Waals surface area (Å²) in [4.78, 5) is 10.9. The Labute approximate surface area is 65.4 Å². The van der Waals surface area contributed by atoms with Crippen LogP contribution in [-0.4, -0.2) is 4.57 Å². The summed E-state index contributed by atoms with van der Waals surface area (Å²) in [6.45, 7) is 0. The van der Waals surface area contributed by atoms with Gasteiger partial charge in [-0.3, -0.25) is 4.79 Å². The van der Waals surface area contributed by atoms with Gasteiger partial charge in [0.15, 0.2) is 0 Å². The van der Waals surface area contributed by atoms with Crippen molar-refractivity contribution in [1.82, 2.24) is 4.57 Å². The highest BCUT2D eigenvalue weighted by atomic mass is 79.9. The summed E-state index contributed by atoms with van der Waals surface area (Å²) in [5.41, 5.74) is -0.235. The van der Waals surface area contributed by atoms with E-state index in [1.165, 1.54) is 11.6 Å². The van der Waals surface area contributed by atoms with E-state index in [1.807, 2.05) is 0 Å². The molecule has 0 N–H and O–H groups in total. The molecule has 1 rings (SSSR count). The van der Waals surface area contributed by atoms with Crippen LogP contribution < -0.4 is 5.56 Å². The third kappa shape index (κ3) is 1.26. The first-order valence-corrected chi connectivity index (χ1v) is 3.42. The Morgan fingerprint density at radius 2 is 2.30 bits per heavy atom. The fourth-order valence-corrected chi connectivity index (χ4v) is 1.13. The molecule has 4 heteroatoms. The zero-order valence-electron chi connectivity index (χ0n) is 5.27. The number of aryl methyl sites for hydroxylation is 1. The summed E-state index contributed by atoms with van der Waals surface area (Å²) in [7, 11) is 1.50. The lowest BCUT2D eigenvalue weighted by Gasteiger charge is -1.96. The van der Waals surface area contributed by atoms with Crippen LogP contribution in [0.2, 0.25) is 0 Å². The van der Waals surface area contributed by atoms with Gasteiger partial charge in [0.2, 0.25) is 0 Å². The highest BCUT2D eigenvalue weighted by Gasteiger charge is 1.98. The van der Waals surface area contributed by atoms with Crippen molar-refractivity contribution in [1.29, 1.82) is 0 Å². The molecule has 1 aromatic heterocycles. The minimum atomic E-state index is -0.422. The molecule has 0 radical (unpaired) electrons.